The van der Waals surface area contributed by atoms with Gasteiger partial charge in [0.05, 0.1) is 11.0 Å². The molecule has 0 aliphatic heterocycles. The first-order chi connectivity index (χ1) is 7.44. The van der Waals surface area contributed by atoms with E-state index in [2.05, 4.69) is 31.1 Å². The smallest absolute Gasteiger partial charge is 0.274 e. The summed E-state index contributed by atoms with van der Waals surface area (Å²) in [6.07, 6.45) is 3.48. The highest BCUT2D eigenvalue weighted by Crippen LogP contribution is 2.20. The van der Waals surface area contributed by atoms with E-state index in [0.29, 0.717) is 5.82 Å². The minimum atomic E-state index is -0.417. The number of nitrogens with zero attached hydrogens (tertiary/aromatic N) is 2. The summed E-state index contributed by atoms with van der Waals surface area (Å²) >= 11 is 0. The van der Waals surface area contributed by atoms with E-state index in [1.54, 1.807) is 0 Å². The van der Waals surface area contributed by atoms with Crippen molar-refractivity contribution in [1.82, 2.24) is 4.98 Å². The molecule has 16 heavy (non-hydrogen) atoms. The van der Waals surface area contributed by atoms with Crippen molar-refractivity contribution in [2.24, 2.45) is 0 Å². The molecule has 0 atom stereocenters. The summed E-state index contributed by atoms with van der Waals surface area (Å²) in [7, 11) is 0. The Morgan fingerprint density at radius 3 is 2.81 bits per heavy atom. The first-order valence-electron chi connectivity index (χ1n) is 5.33. The van der Waals surface area contributed by atoms with Gasteiger partial charge in [0.1, 0.15) is 5.82 Å². The monoisotopic (exact) mass is 223 g/mol. The third-order valence-corrected chi connectivity index (χ3v) is 2.30. The molecule has 88 valence electrons. The molecule has 0 spiro atoms. The van der Waals surface area contributed by atoms with Crippen LogP contribution >= 0.6 is 0 Å². The van der Waals surface area contributed by atoms with Gasteiger partial charge in [-0.2, -0.15) is 0 Å². The first-order valence-corrected chi connectivity index (χ1v) is 5.33. The first kappa shape index (κ1) is 12.4. The fourth-order valence-corrected chi connectivity index (χ4v) is 1.64. The van der Waals surface area contributed by atoms with Crippen molar-refractivity contribution in [2.75, 3.05) is 5.32 Å². The van der Waals surface area contributed by atoms with Crippen molar-refractivity contribution in [2.45, 2.75) is 39.2 Å². The van der Waals surface area contributed by atoms with E-state index in [4.69, 9.17) is 0 Å². The minimum absolute atomic E-state index is 0.0600. The molecule has 1 N–H and O–H groups in total. The molecule has 0 bridgehead atoms. The van der Waals surface area contributed by atoms with Crippen molar-refractivity contribution < 1.29 is 4.92 Å². The zero-order chi connectivity index (χ0) is 12.2. The van der Waals surface area contributed by atoms with Crippen molar-refractivity contribution in [3.63, 3.8) is 0 Å². The van der Waals surface area contributed by atoms with Crippen LogP contribution in [0.15, 0.2) is 18.3 Å². The van der Waals surface area contributed by atoms with Crippen molar-refractivity contribution in [3.8, 4) is 0 Å². The molecule has 0 unspecified atom stereocenters. The molecule has 1 rings (SSSR count). The van der Waals surface area contributed by atoms with Crippen LogP contribution in [0.25, 0.3) is 0 Å². The normalized spacial score (nSPS) is 11.2. The lowest BCUT2D eigenvalue weighted by molar-refractivity contribution is -0.384. The summed E-state index contributed by atoms with van der Waals surface area (Å²) in [5.41, 5.74) is -0.0402. The Morgan fingerprint density at radius 1 is 1.56 bits per heavy atom. The second-order valence-corrected chi connectivity index (χ2v) is 4.42. The van der Waals surface area contributed by atoms with E-state index < -0.39 is 4.92 Å². The Hall–Kier alpha value is -1.65. The second-order valence-electron chi connectivity index (χ2n) is 4.42. The van der Waals surface area contributed by atoms with E-state index in [-0.39, 0.29) is 11.2 Å². The summed E-state index contributed by atoms with van der Waals surface area (Å²) in [6, 6.07) is 2.84. The molecule has 1 heterocycles. The number of nitrogens with one attached hydrogen (secondary N) is 1. The van der Waals surface area contributed by atoms with Crippen molar-refractivity contribution >= 4 is 11.5 Å². The van der Waals surface area contributed by atoms with E-state index in [9.17, 15) is 10.1 Å². The molecule has 0 aromatic carbocycles. The van der Waals surface area contributed by atoms with Gasteiger partial charge >= 0.3 is 0 Å². The Morgan fingerprint density at radius 2 is 2.25 bits per heavy atom. The predicted octanol–water partition coefficient (Wildman–Crippen LogP) is 2.98. The summed E-state index contributed by atoms with van der Waals surface area (Å²) in [5, 5.41) is 13.8. The van der Waals surface area contributed by atoms with Gasteiger partial charge in [0, 0.05) is 17.8 Å². The molecule has 0 saturated carbocycles. The molecule has 1 aromatic rings. The van der Waals surface area contributed by atoms with Gasteiger partial charge in [-0.15, -0.1) is 0 Å². The molecule has 0 amide bonds. The zero-order valence-corrected chi connectivity index (χ0v) is 9.86. The van der Waals surface area contributed by atoms with Crippen molar-refractivity contribution in [3.05, 3.63) is 28.4 Å². The number of anilines is 1. The van der Waals surface area contributed by atoms with E-state index >= 15 is 0 Å². The molecule has 0 fully saturated rings. The average Bonchev–Trinajstić information content (AvgIpc) is 2.17. The highest BCUT2D eigenvalue weighted by atomic mass is 16.6. The molecule has 5 heteroatoms. The van der Waals surface area contributed by atoms with Crippen LogP contribution < -0.4 is 5.32 Å². The Balaban J connectivity index is 2.81. The van der Waals surface area contributed by atoms with E-state index in [1.165, 1.54) is 18.3 Å². The summed E-state index contributed by atoms with van der Waals surface area (Å²) in [4.78, 5) is 14.3. The average molecular weight is 223 g/mol. The molecule has 0 aliphatic carbocycles. The number of rotatable bonds is 5. The van der Waals surface area contributed by atoms with Gasteiger partial charge in [0.25, 0.3) is 5.69 Å². The van der Waals surface area contributed by atoms with Gasteiger partial charge in [-0.05, 0) is 20.3 Å². The summed E-state index contributed by atoms with van der Waals surface area (Å²) < 4.78 is 0. The maximum absolute atomic E-state index is 10.6. The predicted molar refractivity (Wildman–Crippen MR) is 63.5 cm³/mol. The van der Waals surface area contributed by atoms with Crippen molar-refractivity contribution in [1.29, 1.82) is 0 Å². The van der Waals surface area contributed by atoms with Crippen LogP contribution in [0, 0.1) is 10.1 Å². The van der Waals surface area contributed by atoms with Gasteiger partial charge in [0.15, 0.2) is 0 Å². The zero-order valence-electron chi connectivity index (χ0n) is 9.86. The Bertz CT molecular complexity index is 377. The molecule has 0 radical (unpaired) electrons. The molecule has 0 saturated heterocycles. The lowest BCUT2D eigenvalue weighted by Gasteiger charge is -2.26. The molecular formula is C11H17N3O2. The van der Waals surface area contributed by atoms with Crippen LogP contribution in [0.5, 0.6) is 0 Å². The maximum atomic E-state index is 10.6. The molecule has 0 aliphatic rings. The third-order valence-electron chi connectivity index (χ3n) is 2.30. The Labute approximate surface area is 95.0 Å². The SMILES string of the molecule is CCCC(C)(C)Nc1cc([N+](=O)[O-])ccn1. The number of nitro groups is 1. The Kier molecular flexibility index (Phi) is 3.82. The fraction of sp³-hybridized carbons (Fsp3) is 0.545. The van der Waals surface area contributed by atoms with Gasteiger partial charge in [-0.3, -0.25) is 10.1 Å². The molecular weight excluding hydrogens is 206 g/mol. The van der Waals surface area contributed by atoms with Crippen LogP contribution in [0.3, 0.4) is 0 Å². The topological polar surface area (TPSA) is 68.1 Å². The quantitative estimate of drug-likeness (QED) is 0.615. The fourth-order valence-electron chi connectivity index (χ4n) is 1.64. The van der Waals surface area contributed by atoms with Gasteiger partial charge in [-0.25, -0.2) is 4.98 Å². The summed E-state index contributed by atoms with van der Waals surface area (Å²) in [5.74, 6) is 0.549. The third kappa shape index (κ3) is 3.49. The van der Waals surface area contributed by atoms with Crippen LogP contribution in [-0.4, -0.2) is 15.4 Å². The highest BCUT2D eigenvalue weighted by Gasteiger charge is 2.17. The minimum Gasteiger partial charge on any atom is -0.365 e. The van der Waals surface area contributed by atoms with E-state index in [1.807, 2.05) is 0 Å². The van der Waals surface area contributed by atoms with E-state index in [0.717, 1.165) is 12.8 Å². The van der Waals surface area contributed by atoms with Crippen LogP contribution in [0.2, 0.25) is 0 Å². The number of hydrogen-bond donors (Lipinski definition) is 1. The van der Waals surface area contributed by atoms with Gasteiger partial charge in [-0.1, -0.05) is 13.3 Å². The largest absolute Gasteiger partial charge is 0.365 e. The summed E-state index contributed by atoms with van der Waals surface area (Å²) in [6.45, 7) is 6.21. The number of aromatic nitrogens is 1. The standard InChI is InChI=1S/C11H17N3O2/c1-4-6-11(2,3)13-10-8-9(14(15)16)5-7-12-10/h5,7-8H,4,6H2,1-3H3,(H,12,13). The van der Waals surface area contributed by atoms with Gasteiger partial charge in [0.2, 0.25) is 0 Å². The number of pyridine rings is 1. The highest BCUT2D eigenvalue weighted by molar-refractivity contribution is 5.45. The lowest BCUT2D eigenvalue weighted by atomic mass is 9.99. The van der Waals surface area contributed by atoms with Crippen LogP contribution in [0.4, 0.5) is 11.5 Å². The van der Waals surface area contributed by atoms with Crippen LogP contribution in [-0.2, 0) is 0 Å². The second kappa shape index (κ2) is 4.92. The molecule has 5 nitrogen and oxygen atoms in total. The molecule has 1 aromatic heterocycles. The van der Waals surface area contributed by atoms with Crippen LogP contribution in [0.1, 0.15) is 33.6 Å². The number of hydrogen-bond acceptors (Lipinski definition) is 4. The lowest BCUT2D eigenvalue weighted by Crippen LogP contribution is -2.30. The maximum Gasteiger partial charge on any atom is 0.274 e. The van der Waals surface area contributed by atoms with Gasteiger partial charge < -0.3 is 5.32 Å².